The first-order chi connectivity index (χ1) is 13.0. The molecule has 0 amide bonds. The van der Waals surface area contributed by atoms with Gasteiger partial charge in [-0.2, -0.15) is 0 Å². The highest BCUT2D eigenvalue weighted by Gasteiger charge is 2.25. The van der Waals surface area contributed by atoms with E-state index < -0.39 is 0 Å². The molecule has 1 aromatic carbocycles. The van der Waals surface area contributed by atoms with E-state index in [0.29, 0.717) is 22.1 Å². The first-order valence-corrected chi connectivity index (χ1v) is 9.83. The molecule has 2 aromatic heterocycles. The Labute approximate surface area is 162 Å². The molecular formula is C21H22N2O3S. The van der Waals surface area contributed by atoms with Crippen LogP contribution in [0.2, 0.25) is 0 Å². The summed E-state index contributed by atoms with van der Waals surface area (Å²) in [5.74, 6) is 1.33. The molecule has 0 fully saturated rings. The van der Waals surface area contributed by atoms with Crippen LogP contribution in [0.3, 0.4) is 0 Å². The molecule has 0 saturated heterocycles. The lowest BCUT2D eigenvalue weighted by atomic mass is 9.87. The van der Waals surface area contributed by atoms with Crippen molar-refractivity contribution in [3.8, 4) is 22.6 Å². The quantitative estimate of drug-likeness (QED) is 0.665. The van der Waals surface area contributed by atoms with E-state index in [9.17, 15) is 4.79 Å². The normalized spacial score (nSPS) is 13.4. The fourth-order valence-corrected chi connectivity index (χ4v) is 4.90. The van der Waals surface area contributed by atoms with E-state index in [1.807, 2.05) is 18.2 Å². The number of hydrogen-bond acceptors (Lipinski definition) is 6. The first-order valence-electron chi connectivity index (χ1n) is 9.02. The third-order valence-electron chi connectivity index (χ3n) is 5.15. The average Bonchev–Trinajstić information content (AvgIpc) is 3.02. The largest absolute Gasteiger partial charge is 0.493 e. The van der Waals surface area contributed by atoms with E-state index in [1.165, 1.54) is 16.9 Å². The first kappa shape index (κ1) is 17.8. The molecule has 4 rings (SSSR count). The van der Waals surface area contributed by atoms with Gasteiger partial charge in [-0.1, -0.05) is 6.07 Å². The van der Waals surface area contributed by atoms with E-state index in [2.05, 4.69) is 0 Å². The number of fused-ring (bicyclic) bond motifs is 2. The van der Waals surface area contributed by atoms with Gasteiger partial charge in [-0.05, 0) is 54.5 Å². The van der Waals surface area contributed by atoms with Crippen LogP contribution in [0.25, 0.3) is 21.3 Å². The van der Waals surface area contributed by atoms with Crippen LogP contribution in [-0.2, 0) is 12.8 Å². The van der Waals surface area contributed by atoms with E-state index in [-0.39, 0.29) is 5.78 Å². The van der Waals surface area contributed by atoms with Crippen LogP contribution in [0.1, 0.15) is 40.7 Å². The molecule has 0 radical (unpaired) electrons. The highest BCUT2D eigenvalue weighted by atomic mass is 32.1. The molecule has 1 aliphatic carbocycles. The minimum Gasteiger partial charge on any atom is -0.493 e. The van der Waals surface area contributed by atoms with Crippen molar-refractivity contribution in [3.63, 3.8) is 0 Å². The van der Waals surface area contributed by atoms with E-state index in [0.717, 1.165) is 52.7 Å². The van der Waals surface area contributed by atoms with Gasteiger partial charge in [-0.3, -0.25) is 4.79 Å². The monoisotopic (exact) mass is 382 g/mol. The minimum atomic E-state index is -0.0215. The molecule has 2 heterocycles. The minimum absolute atomic E-state index is 0.0215. The van der Waals surface area contributed by atoms with Crippen molar-refractivity contribution in [2.45, 2.75) is 32.6 Å². The smallest absolute Gasteiger partial charge is 0.171 e. The third kappa shape index (κ3) is 2.84. The summed E-state index contributed by atoms with van der Waals surface area (Å²) >= 11 is 1.39. The summed E-state index contributed by atoms with van der Waals surface area (Å²) in [6.45, 7) is 1.55. The third-order valence-corrected chi connectivity index (χ3v) is 6.35. The standard InChI is InChI=1S/C21H22N2O3S/c1-11(24)20-19(22)18-17(12-8-9-15(25-2)16(10-12)26-3)13-6-4-5-7-14(13)23-21(18)27-20/h8-10H,4-7,22H2,1-3H3. The Hall–Kier alpha value is -2.60. The number of nitrogen functional groups attached to an aromatic ring is 1. The van der Waals surface area contributed by atoms with Gasteiger partial charge >= 0.3 is 0 Å². The molecule has 0 atom stereocenters. The second kappa shape index (κ2) is 6.85. The highest BCUT2D eigenvalue weighted by Crippen LogP contribution is 2.45. The zero-order chi connectivity index (χ0) is 19.1. The predicted octanol–water partition coefficient (Wildman–Crippen LogP) is 4.64. The lowest BCUT2D eigenvalue weighted by Crippen LogP contribution is -2.08. The van der Waals surface area contributed by atoms with Gasteiger partial charge in [-0.15, -0.1) is 11.3 Å². The van der Waals surface area contributed by atoms with Crippen LogP contribution in [0.5, 0.6) is 11.5 Å². The predicted molar refractivity (Wildman–Crippen MR) is 109 cm³/mol. The molecule has 27 heavy (non-hydrogen) atoms. The molecule has 140 valence electrons. The number of benzene rings is 1. The van der Waals surface area contributed by atoms with Crippen molar-refractivity contribution >= 4 is 33.0 Å². The molecule has 0 bridgehead atoms. The Morgan fingerprint density at radius 3 is 2.59 bits per heavy atom. The van der Waals surface area contributed by atoms with Crippen molar-refractivity contribution < 1.29 is 14.3 Å². The number of rotatable bonds is 4. The Morgan fingerprint density at radius 1 is 1.15 bits per heavy atom. The van der Waals surface area contributed by atoms with Gasteiger partial charge in [0.05, 0.1) is 24.8 Å². The van der Waals surface area contributed by atoms with E-state index in [4.69, 9.17) is 20.2 Å². The number of ether oxygens (including phenoxy) is 2. The summed E-state index contributed by atoms with van der Waals surface area (Å²) in [7, 11) is 3.26. The second-order valence-corrected chi connectivity index (χ2v) is 7.77. The van der Waals surface area contributed by atoms with E-state index >= 15 is 0 Å². The molecule has 5 nitrogen and oxygen atoms in total. The topological polar surface area (TPSA) is 74.4 Å². The Balaban J connectivity index is 2.07. The Morgan fingerprint density at radius 2 is 1.89 bits per heavy atom. The number of ketones is 1. The summed E-state index contributed by atoms with van der Waals surface area (Å²) in [5, 5.41) is 0.887. The number of Topliss-reactive ketones (excluding diaryl/α,β-unsaturated/α-hetero) is 1. The average molecular weight is 382 g/mol. The maximum atomic E-state index is 12.1. The highest BCUT2D eigenvalue weighted by molar-refractivity contribution is 7.21. The van der Waals surface area contributed by atoms with Gasteiger partial charge in [0, 0.05) is 18.0 Å². The SMILES string of the molecule is COc1ccc(-c2c3c(nc4sc(C(C)=O)c(N)c24)CCCC3)cc1OC. The molecule has 0 saturated carbocycles. The van der Waals surface area contributed by atoms with Crippen LogP contribution < -0.4 is 15.2 Å². The summed E-state index contributed by atoms with van der Waals surface area (Å²) in [6, 6.07) is 5.91. The van der Waals surface area contributed by atoms with Gasteiger partial charge in [-0.25, -0.2) is 4.98 Å². The zero-order valence-corrected chi connectivity index (χ0v) is 16.5. The lowest BCUT2D eigenvalue weighted by Gasteiger charge is -2.20. The molecule has 2 N–H and O–H groups in total. The van der Waals surface area contributed by atoms with Gasteiger partial charge in [0.2, 0.25) is 0 Å². The van der Waals surface area contributed by atoms with Crippen molar-refractivity contribution in [1.29, 1.82) is 0 Å². The number of nitrogens with two attached hydrogens (primary N) is 1. The Kier molecular flexibility index (Phi) is 4.52. The fourth-order valence-electron chi connectivity index (χ4n) is 3.88. The number of aryl methyl sites for hydroxylation is 1. The molecule has 0 unspecified atom stereocenters. The molecule has 0 aliphatic heterocycles. The number of methoxy groups -OCH3 is 2. The van der Waals surface area contributed by atoms with Gasteiger partial charge < -0.3 is 15.2 Å². The number of carbonyl (C=O) groups excluding carboxylic acids is 1. The van der Waals surface area contributed by atoms with Crippen molar-refractivity contribution in [1.82, 2.24) is 4.98 Å². The number of carbonyl (C=O) groups is 1. The number of nitrogens with zero attached hydrogens (tertiary/aromatic N) is 1. The maximum Gasteiger partial charge on any atom is 0.171 e. The molecular weight excluding hydrogens is 360 g/mol. The number of anilines is 1. The molecule has 1 aliphatic rings. The molecule has 0 spiro atoms. The van der Waals surface area contributed by atoms with Crippen LogP contribution in [0.15, 0.2) is 18.2 Å². The van der Waals surface area contributed by atoms with Crippen LogP contribution in [0.4, 0.5) is 5.69 Å². The van der Waals surface area contributed by atoms with Crippen LogP contribution in [0, 0.1) is 0 Å². The molecule has 6 heteroatoms. The number of hydrogen-bond donors (Lipinski definition) is 1. The summed E-state index contributed by atoms with van der Waals surface area (Å²) in [5.41, 5.74) is 11.4. The number of thiophene rings is 1. The van der Waals surface area contributed by atoms with E-state index in [1.54, 1.807) is 21.1 Å². The van der Waals surface area contributed by atoms with Crippen LogP contribution >= 0.6 is 11.3 Å². The maximum absolute atomic E-state index is 12.1. The summed E-state index contributed by atoms with van der Waals surface area (Å²) in [6.07, 6.45) is 4.19. The van der Waals surface area contributed by atoms with Crippen LogP contribution in [-0.4, -0.2) is 25.0 Å². The van der Waals surface area contributed by atoms with Gasteiger partial charge in [0.1, 0.15) is 4.83 Å². The summed E-state index contributed by atoms with van der Waals surface area (Å²) in [4.78, 5) is 18.3. The second-order valence-electron chi connectivity index (χ2n) is 6.77. The van der Waals surface area contributed by atoms with Crippen molar-refractivity contribution in [2.75, 3.05) is 20.0 Å². The molecule has 3 aromatic rings. The van der Waals surface area contributed by atoms with Gasteiger partial charge in [0.25, 0.3) is 0 Å². The Bertz CT molecular complexity index is 1060. The number of pyridine rings is 1. The summed E-state index contributed by atoms with van der Waals surface area (Å²) < 4.78 is 10.9. The van der Waals surface area contributed by atoms with Crippen molar-refractivity contribution in [2.24, 2.45) is 0 Å². The fraction of sp³-hybridized carbons (Fsp3) is 0.333. The van der Waals surface area contributed by atoms with Crippen molar-refractivity contribution in [3.05, 3.63) is 34.3 Å². The zero-order valence-electron chi connectivity index (χ0n) is 15.7. The van der Waals surface area contributed by atoms with Gasteiger partial charge in [0.15, 0.2) is 17.3 Å². The lowest BCUT2D eigenvalue weighted by molar-refractivity contribution is 0.102. The number of aromatic nitrogens is 1.